The van der Waals surface area contributed by atoms with Crippen LogP contribution in [0.3, 0.4) is 0 Å². The first-order valence-corrected chi connectivity index (χ1v) is 8.47. The SMILES string of the molecule is CCCN(CCC)C(=O)CCN(CCC)C(=O)c1cnccn1. The highest BCUT2D eigenvalue weighted by Crippen LogP contribution is 2.05. The molecule has 1 aromatic heterocycles. The molecule has 0 saturated heterocycles. The van der Waals surface area contributed by atoms with Crippen LogP contribution in [0.1, 0.15) is 56.9 Å². The Balaban J connectivity index is 2.65. The van der Waals surface area contributed by atoms with Crippen molar-refractivity contribution in [2.24, 2.45) is 0 Å². The van der Waals surface area contributed by atoms with Gasteiger partial charge >= 0.3 is 0 Å². The molecule has 1 rings (SSSR count). The van der Waals surface area contributed by atoms with E-state index in [1.165, 1.54) is 18.6 Å². The van der Waals surface area contributed by atoms with E-state index >= 15 is 0 Å². The van der Waals surface area contributed by atoms with E-state index in [9.17, 15) is 9.59 Å². The van der Waals surface area contributed by atoms with Gasteiger partial charge in [0.05, 0.1) is 6.20 Å². The molecule has 0 aliphatic heterocycles. The second-order valence-electron chi connectivity index (χ2n) is 5.51. The summed E-state index contributed by atoms with van der Waals surface area (Å²) in [5.41, 5.74) is 0.326. The molecule has 6 nitrogen and oxygen atoms in total. The molecule has 0 atom stereocenters. The Hall–Kier alpha value is -1.98. The number of hydrogen-bond acceptors (Lipinski definition) is 4. The van der Waals surface area contributed by atoms with Crippen molar-refractivity contribution >= 4 is 11.8 Å². The topological polar surface area (TPSA) is 66.4 Å². The number of carbonyl (C=O) groups excluding carboxylic acids is 2. The predicted octanol–water partition coefficient (Wildman–Crippen LogP) is 2.37. The smallest absolute Gasteiger partial charge is 0.274 e. The van der Waals surface area contributed by atoms with Crippen LogP contribution in [0, 0.1) is 0 Å². The normalized spacial score (nSPS) is 10.4. The van der Waals surface area contributed by atoms with Crippen molar-refractivity contribution in [2.75, 3.05) is 26.2 Å². The summed E-state index contributed by atoms with van der Waals surface area (Å²) in [6.45, 7) is 8.74. The lowest BCUT2D eigenvalue weighted by Crippen LogP contribution is -2.38. The van der Waals surface area contributed by atoms with Crippen molar-refractivity contribution in [2.45, 2.75) is 46.5 Å². The van der Waals surface area contributed by atoms with Crippen LogP contribution in [0.15, 0.2) is 18.6 Å². The Kier molecular flexibility index (Phi) is 8.87. The van der Waals surface area contributed by atoms with Crippen LogP contribution in [0.2, 0.25) is 0 Å². The fourth-order valence-electron chi connectivity index (χ4n) is 2.45. The first-order chi connectivity index (χ1) is 11.1. The zero-order valence-electron chi connectivity index (χ0n) is 14.5. The maximum atomic E-state index is 12.5. The molecule has 2 amide bonds. The summed E-state index contributed by atoms with van der Waals surface area (Å²) < 4.78 is 0. The number of hydrogen-bond donors (Lipinski definition) is 0. The zero-order valence-corrected chi connectivity index (χ0v) is 14.5. The summed E-state index contributed by atoms with van der Waals surface area (Å²) in [7, 11) is 0. The molecule has 0 N–H and O–H groups in total. The molecule has 0 bridgehead atoms. The first kappa shape index (κ1) is 19.1. The monoisotopic (exact) mass is 320 g/mol. The molecule has 0 fully saturated rings. The number of amides is 2. The largest absolute Gasteiger partial charge is 0.343 e. The van der Waals surface area contributed by atoms with Crippen molar-refractivity contribution in [3.8, 4) is 0 Å². The maximum Gasteiger partial charge on any atom is 0.274 e. The summed E-state index contributed by atoms with van der Waals surface area (Å²) in [5, 5.41) is 0. The van der Waals surface area contributed by atoms with E-state index in [4.69, 9.17) is 0 Å². The number of rotatable bonds is 10. The van der Waals surface area contributed by atoms with Gasteiger partial charge in [0.25, 0.3) is 5.91 Å². The Morgan fingerprint density at radius 3 is 2.04 bits per heavy atom. The average Bonchev–Trinajstić information content (AvgIpc) is 2.58. The van der Waals surface area contributed by atoms with Crippen LogP contribution in [0.4, 0.5) is 0 Å². The molecule has 6 heteroatoms. The van der Waals surface area contributed by atoms with Crippen molar-refractivity contribution in [1.82, 2.24) is 19.8 Å². The van der Waals surface area contributed by atoms with Gasteiger partial charge in [-0.05, 0) is 19.3 Å². The highest BCUT2D eigenvalue weighted by molar-refractivity contribution is 5.92. The summed E-state index contributed by atoms with van der Waals surface area (Å²) >= 11 is 0. The van der Waals surface area contributed by atoms with Gasteiger partial charge in [0.1, 0.15) is 5.69 Å². The molecule has 0 aliphatic carbocycles. The lowest BCUT2D eigenvalue weighted by Gasteiger charge is -2.25. The van der Waals surface area contributed by atoms with Gasteiger partial charge in [-0.2, -0.15) is 0 Å². The van der Waals surface area contributed by atoms with E-state index in [1.54, 1.807) is 4.90 Å². The third-order valence-electron chi connectivity index (χ3n) is 3.50. The zero-order chi connectivity index (χ0) is 17.1. The highest BCUT2D eigenvalue weighted by Gasteiger charge is 2.19. The Labute approximate surface area is 138 Å². The minimum absolute atomic E-state index is 0.113. The van der Waals surface area contributed by atoms with Gasteiger partial charge in [0.15, 0.2) is 0 Å². The van der Waals surface area contributed by atoms with Crippen molar-refractivity contribution in [3.05, 3.63) is 24.3 Å². The standard InChI is InChI=1S/C17H28N4O2/c1-4-10-20(11-5-2)16(22)7-13-21(12-6-3)17(23)15-14-18-8-9-19-15/h8-9,14H,4-7,10-13H2,1-3H3. The molecular formula is C17H28N4O2. The number of carbonyl (C=O) groups is 2. The van der Waals surface area contributed by atoms with Crippen LogP contribution in [0.5, 0.6) is 0 Å². The summed E-state index contributed by atoms with van der Waals surface area (Å²) in [6.07, 6.45) is 7.60. The number of aromatic nitrogens is 2. The minimum Gasteiger partial charge on any atom is -0.343 e. The molecule has 0 aliphatic rings. The molecule has 1 heterocycles. The molecule has 0 saturated carbocycles. The van der Waals surface area contributed by atoms with Crippen molar-refractivity contribution in [1.29, 1.82) is 0 Å². The summed E-state index contributed by atoms with van der Waals surface area (Å²) in [4.78, 5) is 36.4. The second-order valence-corrected chi connectivity index (χ2v) is 5.51. The predicted molar refractivity (Wildman–Crippen MR) is 90.0 cm³/mol. The van der Waals surface area contributed by atoms with E-state index in [1.807, 2.05) is 11.8 Å². The van der Waals surface area contributed by atoms with E-state index in [0.29, 0.717) is 25.2 Å². The van der Waals surface area contributed by atoms with Gasteiger partial charge in [-0.3, -0.25) is 14.6 Å². The highest BCUT2D eigenvalue weighted by atomic mass is 16.2. The number of nitrogens with zero attached hydrogens (tertiary/aromatic N) is 4. The molecule has 1 aromatic rings. The molecule has 0 aromatic carbocycles. The summed E-state index contributed by atoms with van der Waals surface area (Å²) in [6, 6.07) is 0. The Morgan fingerprint density at radius 2 is 1.52 bits per heavy atom. The quantitative estimate of drug-likeness (QED) is 0.664. The van der Waals surface area contributed by atoms with Crippen LogP contribution in [-0.2, 0) is 4.79 Å². The summed E-state index contributed by atoms with van der Waals surface area (Å²) in [5.74, 6) is -0.0490. The Bertz CT molecular complexity index is 473. The Morgan fingerprint density at radius 1 is 0.913 bits per heavy atom. The van der Waals surface area contributed by atoms with Gasteiger partial charge in [-0.1, -0.05) is 20.8 Å². The van der Waals surface area contributed by atoms with Crippen LogP contribution >= 0.6 is 0 Å². The van der Waals surface area contributed by atoms with Gasteiger partial charge in [-0.15, -0.1) is 0 Å². The van der Waals surface area contributed by atoms with Gasteiger partial charge in [0.2, 0.25) is 5.91 Å². The fraction of sp³-hybridized carbons (Fsp3) is 0.647. The third kappa shape index (κ3) is 6.34. The van der Waals surface area contributed by atoms with E-state index in [0.717, 1.165) is 32.4 Å². The molecular weight excluding hydrogens is 292 g/mol. The van der Waals surface area contributed by atoms with Gasteiger partial charge in [-0.25, -0.2) is 4.98 Å². The average molecular weight is 320 g/mol. The van der Waals surface area contributed by atoms with Crippen molar-refractivity contribution < 1.29 is 9.59 Å². The first-order valence-electron chi connectivity index (χ1n) is 8.47. The lowest BCUT2D eigenvalue weighted by molar-refractivity contribution is -0.131. The molecule has 0 spiro atoms. The molecule has 23 heavy (non-hydrogen) atoms. The van der Waals surface area contributed by atoms with E-state index < -0.39 is 0 Å². The molecule has 0 unspecified atom stereocenters. The fourth-order valence-corrected chi connectivity index (χ4v) is 2.45. The second kappa shape index (κ2) is 10.7. The van der Waals surface area contributed by atoms with Gasteiger partial charge in [0, 0.05) is 45.0 Å². The van der Waals surface area contributed by atoms with E-state index in [2.05, 4.69) is 23.8 Å². The van der Waals surface area contributed by atoms with Crippen LogP contribution < -0.4 is 0 Å². The lowest BCUT2D eigenvalue weighted by atomic mass is 10.2. The third-order valence-corrected chi connectivity index (χ3v) is 3.50. The molecule has 0 radical (unpaired) electrons. The van der Waals surface area contributed by atoms with Crippen LogP contribution in [-0.4, -0.2) is 57.8 Å². The minimum atomic E-state index is -0.162. The van der Waals surface area contributed by atoms with Crippen LogP contribution in [0.25, 0.3) is 0 Å². The molecule has 128 valence electrons. The van der Waals surface area contributed by atoms with Crippen molar-refractivity contribution in [3.63, 3.8) is 0 Å². The maximum absolute atomic E-state index is 12.5. The van der Waals surface area contributed by atoms with Gasteiger partial charge < -0.3 is 9.80 Å². The van der Waals surface area contributed by atoms with E-state index in [-0.39, 0.29) is 11.8 Å².